The molecule has 1 heterocycles. The molecule has 0 bridgehead atoms. The zero-order valence-corrected chi connectivity index (χ0v) is 7.74. The Morgan fingerprint density at radius 1 is 1.50 bits per heavy atom. The molecule has 1 amide bonds. The number of furan rings is 1. The van der Waals surface area contributed by atoms with Crippen molar-refractivity contribution in [2.45, 2.75) is 13.3 Å². The average Bonchev–Trinajstić information content (AvgIpc) is 2.51. The van der Waals surface area contributed by atoms with Crippen molar-refractivity contribution in [1.29, 1.82) is 0 Å². The standard InChI is InChI=1S/C9H11NO4/c1-6-2-3-7(14-6)9(13)10-5-4-8(11)12/h2-3H,4-5H2,1H3,(H,10,13)(H,11,12). The normalized spacial score (nSPS) is 9.79. The number of hydrogen-bond donors (Lipinski definition) is 2. The van der Waals surface area contributed by atoms with Gasteiger partial charge in [0.1, 0.15) is 5.76 Å². The molecule has 0 unspecified atom stereocenters. The zero-order valence-electron chi connectivity index (χ0n) is 7.74. The van der Waals surface area contributed by atoms with Gasteiger partial charge in [0.15, 0.2) is 5.76 Å². The van der Waals surface area contributed by atoms with Gasteiger partial charge >= 0.3 is 5.97 Å². The van der Waals surface area contributed by atoms with Crippen molar-refractivity contribution >= 4 is 11.9 Å². The third kappa shape index (κ3) is 2.93. The van der Waals surface area contributed by atoms with Crippen LogP contribution < -0.4 is 5.32 Å². The monoisotopic (exact) mass is 197 g/mol. The maximum atomic E-state index is 11.2. The van der Waals surface area contributed by atoms with Crippen molar-refractivity contribution in [3.05, 3.63) is 23.7 Å². The van der Waals surface area contributed by atoms with Crippen molar-refractivity contribution in [3.8, 4) is 0 Å². The molecular formula is C9H11NO4. The zero-order chi connectivity index (χ0) is 10.6. The predicted molar refractivity (Wildman–Crippen MR) is 48.0 cm³/mol. The number of aryl methyl sites for hydroxylation is 1. The Morgan fingerprint density at radius 3 is 2.71 bits per heavy atom. The van der Waals surface area contributed by atoms with Gasteiger partial charge in [-0.2, -0.15) is 0 Å². The molecule has 0 saturated carbocycles. The topological polar surface area (TPSA) is 79.5 Å². The minimum atomic E-state index is -0.944. The van der Waals surface area contributed by atoms with Crippen molar-refractivity contribution in [2.24, 2.45) is 0 Å². The Balaban J connectivity index is 2.39. The van der Waals surface area contributed by atoms with Gasteiger partial charge in [-0.05, 0) is 19.1 Å². The second kappa shape index (κ2) is 4.45. The molecule has 14 heavy (non-hydrogen) atoms. The van der Waals surface area contributed by atoms with E-state index in [9.17, 15) is 9.59 Å². The van der Waals surface area contributed by atoms with Gasteiger partial charge in [0, 0.05) is 6.54 Å². The summed E-state index contributed by atoms with van der Waals surface area (Å²) in [4.78, 5) is 21.4. The third-order valence-corrected chi connectivity index (χ3v) is 1.59. The fraction of sp³-hybridized carbons (Fsp3) is 0.333. The van der Waals surface area contributed by atoms with Gasteiger partial charge in [-0.3, -0.25) is 9.59 Å². The van der Waals surface area contributed by atoms with Gasteiger partial charge in [-0.15, -0.1) is 0 Å². The fourth-order valence-corrected chi connectivity index (χ4v) is 0.927. The number of hydrogen-bond acceptors (Lipinski definition) is 3. The molecule has 0 spiro atoms. The molecule has 76 valence electrons. The molecule has 0 aliphatic carbocycles. The van der Waals surface area contributed by atoms with Crippen molar-refractivity contribution in [3.63, 3.8) is 0 Å². The van der Waals surface area contributed by atoms with Crippen LogP contribution in [-0.4, -0.2) is 23.5 Å². The fourth-order valence-electron chi connectivity index (χ4n) is 0.927. The van der Waals surface area contributed by atoms with Gasteiger partial charge in [0.05, 0.1) is 6.42 Å². The number of rotatable bonds is 4. The number of carbonyl (C=O) groups excluding carboxylic acids is 1. The molecule has 2 N–H and O–H groups in total. The summed E-state index contributed by atoms with van der Waals surface area (Å²) in [6.45, 7) is 1.84. The summed E-state index contributed by atoms with van der Waals surface area (Å²) in [5.74, 6) is -0.485. The maximum Gasteiger partial charge on any atom is 0.305 e. The summed E-state index contributed by atoms with van der Waals surface area (Å²) in [7, 11) is 0. The Morgan fingerprint density at radius 2 is 2.21 bits per heavy atom. The first kappa shape index (κ1) is 10.3. The average molecular weight is 197 g/mol. The lowest BCUT2D eigenvalue weighted by Gasteiger charge is -1.99. The number of nitrogens with one attached hydrogen (secondary N) is 1. The highest BCUT2D eigenvalue weighted by atomic mass is 16.4. The summed E-state index contributed by atoms with van der Waals surface area (Å²) in [5.41, 5.74) is 0. The lowest BCUT2D eigenvalue weighted by molar-refractivity contribution is -0.136. The molecule has 0 atom stereocenters. The molecule has 0 aliphatic heterocycles. The lowest BCUT2D eigenvalue weighted by atomic mass is 10.4. The summed E-state index contributed by atoms with van der Waals surface area (Å²) in [6, 6.07) is 3.22. The first-order valence-electron chi connectivity index (χ1n) is 4.16. The molecule has 1 aromatic rings. The van der Waals surface area contributed by atoms with Crippen LogP contribution in [0.3, 0.4) is 0 Å². The minimum absolute atomic E-state index is 0.0918. The number of carboxylic acid groups (broad SMARTS) is 1. The number of carbonyl (C=O) groups is 2. The Kier molecular flexibility index (Phi) is 3.28. The summed E-state index contributed by atoms with van der Waals surface area (Å²) < 4.78 is 5.04. The highest BCUT2D eigenvalue weighted by molar-refractivity contribution is 5.91. The van der Waals surface area contributed by atoms with Crippen LogP contribution in [0.1, 0.15) is 22.7 Å². The minimum Gasteiger partial charge on any atom is -0.481 e. The van der Waals surface area contributed by atoms with E-state index in [0.29, 0.717) is 5.76 Å². The van der Waals surface area contributed by atoms with Crippen LogP contribution in [0.15, 0.2) is 16.5 Å². The van der Waals surface area contributed by atoms with E-state index < -0.39 is 5.97 Å². The number of carboxylic acids is 1. The van der Waals surface area contributed by atoms with Gasteiger partial charge in [-0.25, -0.2) is 0 Å². The number of aliphatic carboxylic acids is 1. The van der Waals surface area contributed by atoms with Gasteiger partial charge in [0.2, 0.25) is 0 Å². The van der Waals surface area contributed by atoms with E-state index in [2.05, 4.69) is 5.32 Å². The maximum absolute atomic E-state index is 11.2. The van der Waals surface area contributed by atoms with Crippen LogP contribution >= 0.6 is 0 Å². The molecule has 0 saturated heterocycles. The first-order valence-corrected chi connectivity index (χ1v) is 4.16. The van der Waals surface area contributed by atoms with E-state index in [1.807, 2.05) is 0 Å². The third-order valence-electron chi connectivity index (χ3n) is 1.59. The molecule has 5 heteroatoms. The predicted octanol–water partition coefficient (Wildman–Crippen LogP) is 0.793. The molecule has 1 rings (SSSR count). The quantitative estimate of drug-likeness (QED) is 0.747. The van der Waals surface area contributed by atoms with E-state index >= 15 is 0 Å². The smallest absolute Gasteiger partial charge is 0.305 e. The van der Waals surface area contributed by atoms with Crippen LogP contribution in [0.25, 0.3) is 0 Å². The summed E-state index contributed by atoms with van der Waals surface area (Å²) in [6.07, 6.45) is -0.0918. The van der Waals surface area contributed by atoms with Crippen molar-refractivity contribution in [2.75, 3.05) is 6.54 Å². The molecular weight excluding hydrogens is 186 g/mol. The summed E-state index contributed by atoms with van der Waals surface area (Å²) in [5, 5.41) is 10.8. The second-order valence-electron chi connectivity index (χ2n) is 2.81. The first-order chi connectivity index (χ1) is 6.59. The largest absolute Gasteiger partial charge is 0.481 e. The Hall–Kier alpha value is -1.78. The highest BCUT2D eigenvalue weighted by Crippen LogP contribution is 2.05. The Bertz CT molecular complexity index is 342. The van der Waals surface area contributed by atoms with Crippen LogP contribution in [0.2, 0.25) is 0 Å². The lowest BCUT2D eigenvalue weighted by Crippen LogP contribution is -2.25. The molecule has 0 aromatic carbocycles. The second-order valence-corrected chi connectivity index (χ2v) is 2.81. The molecule has 0 radical (unpaired) electrons. The van der Waals surface area contributed by atoms with E-state index in [0.717, 1.165) is 0 Å². The van der Waals surface area contributed by atoms with E-state index in [1.165, 1.54) is 0 Å². The van der Waals surface area contributed by atoms with Crippen LogP contribution in [0.4, 0.5) is 0 Å². The van der Waals surface area contributed by atoms with Crippen molar-refractivity contribution in [1.82, 2.24) is 5.32 Å². The van der Waals surface area contributed by atoms with Crippen LogP contribution in [-0.2, 0) is 4.79 Å². The van der Waals surface area contributed by atoms with E-state index in [-0.39, 0.29) is 24.6 Å². The van der Waals surface area contributed by atoms with Crippen molar-refractivity contribution < 1.29 is 19.1 Å². The molecule has 1 aromatic heterocycles. The van der Waals surface area contributed by atoms with Gasteiger partial charge in [0.25, 0.3) is 5.91 Å². The van der Waals surface area contributed by atoms with E-state index in [4.69, 9.17) is 9.52 Å². The number of amides is 1. The molecule has 5 nitrogen and oxygen atoms in total. The highest BCUT2D eigenvalue weighted by Gasteiger charge is 2.09. The molecule has 0 aliphatic rings. The van der Waals surface area contributed by atoms with Crippen LogP contribution in [0.5, 0.6) is 0 Å². The SMILES string of the molecule is Cc1ccc(C(=O)NCCC(=O)O)o1. The van der Waals surface area contributed by atoms with Crippen LogP contribution in [0, 0.1) is 6.92 Å². The summed E-state index contributed by atoms with van der Waals surface area (Å²) >= 11 is 0. The Labute approximate surface area is 80.7 Å². The van der Waals surface area contributed by atoms with E-state index in [1.54, 1.807) is 19.1 Å². The van der Waals surface area contributed by atoms with Gasteiger partial charge in [-0.1, -0.05) is 0 Å². The van der Waals surface area contributed by atoms with Gasteiger partial charge < -0.3 is 14.8 Å². The molecule has 0 fully saturated rings.